The van der Waals surface area contributed by atoms with Crippen LogP contribution in [0.3, 0.4) is 0 Å². The van der Waals surface area contributed by atoms with Crippen molar-refractivity contribution in [1.29, 1.82) is 5.41 Å². The van der Waals surface area contributed by atoms with Gasteiger partial charge in [-0.05, 0) is 6.92 Å². The highest BCUT2D eigenvalue weighted by atomic mass is 35.5. The van der Waals surface area contributed by atoms with E-state index in [0.717, 1.165) is 0 Å². The molecule has 1 unspecified atom stereocenters. The third-order valence-corrected chi connectivity index (χ3v) is 3.84. The van der Waals surface area contributed by atoms with Gasteiger partial charge in [-0.3, -0.25) is 20.4 Å². The molecule has 10 heteroatoms. The molecule has 9 nitrogen and oxygen atoms in total. The Labute approximate surface area is 118 Å². The van der Waals surface area contributed by atoms with Gasteiger partial charge in [0.05, 0.1) is 12.4 Å². The summed E-state index contributed by atoms with van der Waals surface area (Å²) in [4.78, 5) is 19.0. The summed E-state index contributed by atoms with van der Waals surface area (Å²) in [5.74, 6) is -1.11. The van der Waals surface area contributed by atoms with Crippen LogP contribution in [0.25, 0.3) is 0 Å². The fourth-order valence-corrected chi connectivity index (χ4v) is 2.52. The maximum Gasteiger partial charge on any atom is 0.278 e. The predicted octanol–water partition coefficient (Wildman–Crippen LogP) is -1.80. The first kappa shape index (κ1) is 13.4. The number of guanidine groups is 1. The standard InChI is InChI=1S/C10H12ClN5O4/c1-3-4(17)5(18)6(20-3)16-2-13-10(11)7(16)14-9(12)15-8(10)19/h2-6,17-18H,1H3,(H2,12,15,19)/t3-,4-,5-,6-,10?/m1/s1. The molecule has 108 valence electrons. The number of hydrogen-bond acceptors (Lipinski definition) is 7. The summed E-state index contributed by atoms with van der Waals surface area (Å²) in [5.41, 5.74) is 0. The number of amidine groups is 1. The molecule has 0 bridgehead atoms. The molecule has 3 heterocycles. The Morgan fingerprint density at radius 3 is 2.85 bits per heavy atom. The molecule has 0 aromatic heterocycles. The highest BCUT2D eigenvalue weighted by molar-refractivity contribution is 6.51. The van der Waals surface area contributed by atoms with Gasteiger partial charge >= 0.3 is 0 Å². The second-order valence-corrected chi connectivity index (χ2v) is 5.27. The third kappa shape index (κ3) is 1.67. The lowest BCUT2D eigenvalue weighted by Gasteiger charge is -2.30. The predicted molar refractivity (Wildman–Crippen MR) is 68.6 cm³/mol. The number of nitrogens with zero attached hydrogens (tertiary/aromatic N) is 3. The van der Waals surface area contributed by atoms with Crippen LogP contribution in [-0.2, 0) is 9.53 Å². The van der Waals surface area contributed by atoms with Crippen LogP contribution in [0.4, 0.5) is 0 Å². The third-order valence-electron chi connectivity index (χ3n) is 3.40. The van der Waals surface area contributed by atoms with E-state index in [-0.39, 0.29) is 11.8 Å². The highest BCUT2D eigenvalue weighted by Crippen LogP contribution is 2.33. The Morgan fingerprint density at radius 2 is 2.25 bits per heavy atom. The van der Waals surface area contributed by atoms with Crippen molar-refractivity contribution in [2.24, 2.45) is 9.98 Å². The van der Waals surface area contributed by atoms with E-state index in [2.05, 4.69) is 15.3 Å². The van der Waals surface area contributed by atoms with Crippen LogP contribution in [0.1, 0.15) is 6.92 Å². The van der Waals surface area contributed by atoms with E-state index >= 15 is 0 Å². The van der Waals surface area contributed by atoms with Crippen LogP contribution in [0.2, 0.25) is 0 Å². The molecule has 1 saturated heterocycles. The lowest BCUT2D eigenvalue weighted by molar-refractivity contribution is -0.120. The molecule has 0 saturated carbocycles. The fourth-order valence-electron chi connectivity index (χ4n) is 2.29. The number of rotatable bonds is 1. The Morgan fingerprint density at radius 1 is 1.55 bits per heavy atom. The first-order chi connectivity index (χ1) is 9.34. The number of aliphatic hydroxyl groups excluding tert-OH is 2. The van der Waals surface area contributed by atoms with Crippen LogP contribution < -0.4 is 5.32 Å². The molecule has 3 aliphatic rings. The summed E-state index contributed by atoms with van der Waals surface area (Å²) in [7, 11) is 0. The van der Waals surface area contributed by atoms with E-state index < -0.39 is 35.4 Å². The summed E-state index contributed by atoms with van der Waals surface area (Å²) in [6.07, 6.45) is -2.63. The minimum atomic E-state index is -1.77. The van der Waals surface area contributed by atoms with E-state index in [9.17, 15) is 15.0 Å². The second kappa shape index (κ2) is 4.22. The normalized spacial score (nSPS) is 43.6. The van der Waals surface area contributed by atoms with E-state index in [0.29, 0.717) is 0 Å². The molecule has 5 atom stereocenters. The van der Waals surface area contributed by atoms with Crippen LogP contribution in [-0.4, -0.2) is 68.7 Å². The van der Waals surface area contributed by atoms with Crippen molar-refractivity contribution in [3.8, 4) is 0 Å². The zero-order valence-corrected chi connectivity index (χ0v) is 11.1. The number of alkyl halides is 1. The smallest absolute Gasteiger partial charge is 0.278 e. The van der Waals surface area contributed by atoms with Crippen LogP contribution >= 0.6 is 11.6 Å². The van der Waals surface area contributed by atoms with E-state index in [4.69, 9.17) is 21.7 Å². The summed E-state index contributed by atoms with van der Waals surface area (Å²) in [5, 5.41) is 29.3. The molecule has 0 aromatic rings. The molecule has 0 spiro atoms. The van der Waals surface area contributed by atoms with Crippen molar-refractivity contribution in [3.05, 3.63) is 0 Å². The van der Waals surface area contributed by atoms with Gasteiger partial charge in [-0.1, -0.05) is 11.6 Å². The SMILES string of the molecule is C[C@H]1O[C@@H](N2C=NC3(Cl)C(=O)NC(=N)N=C23)[C@H](O)[C@@H]1O. The van der Waals surface area contributed by atoms with Crippen molar-refractivity contribution in [2.75, 3.05) is 0 Å². The van der Waals surface area contributed by atoms with E-state index in [1.165, 1.54) is 11.2 Å². The number of hydrogen-bond donors (Lipinski definition) is 4. The number of aliphatic hydroxyl groups is 2. The topological polar surface area (TPSA) is 131 Å². The minimum absolute atomic E-state index is 0.0294. The quantitative estimate of drug-likeness (QED) is 0.335. The highest BCUT2D eigenvalue weighted by Gasteiger charge is 2.55. The molecule has 0 radical (unpaired) electrons. The number of ether oxygens (including phenoxy) is 1. The number of nitrogens with one attached hydrogen (secondary N) is 2. The zero-order chi connectivity index (χ0) is 14.7. The van der Waals surface area contributed by atoms with Gasteiger partial charge in [-0.25, -0.2) is 4.99 Å². The van der Waals surface area contributed by atoms with Gasteiger partial charge in [0, 0.05) is 0 Å². The molecule has 1 fully saturated rings. The Kier molecular flexibility index (Phi) is 2.83. The van der Waals surface area contributed by atoms with E-state index in [1.54, 1.807) is 6.92 Å². The van der Waals surface area contributed by atoms with Crippen LogP contribution in [0.5, 0.6) is 0 Å². The molecule has 3 rings (SSSR count). The second-order valence-electron chi connectivity index (χ2n) is 4.73. The van der Waals surface area contributed by atoms with Gasteiger partial charge in [0.2, 0.25) is 5.96 Å². The molecule has 20 heavy (non-hydrogen) atoms. The maximum absolute atomic E-state index is 11.8. The van der Waals surface area contributed by atoms with Gasteiger partial charge in [-0.2, -0.15) is 4.99 Å². The molecule has 4 N–H and O–H groups in total. The molecule has 3 aliphatic heterocycles. The Balaban J connectivity index is 1.96. The van der Waals surface area contributed by atoms with E-state index in [1.807, 2.05) is 0 Å². The first-order valence-electron chi connectivity index (χ1n) is 5.88. The van der Waals surface area contributed by atoms with Crippen molar-refractivity contribution < 1.29 is 19.7 Å². The van der Waals surface area contributed by atoms with Gasteiger partial charge < -0.3 is 14.9 Å². The Hall–Kier alpha value is -1.55. The summed E-state index contributed by atoms with van der Waals surface area (Å²) in [6, 6.07) is 0. The number of aliphatic imine (C=N–C) groups is 2. The van der Waals surface area contributed by atoms with Crippen molar-refractivity contribution >= 4 is 35.6 Å². The van der Waals surface area contributed by atoms with Crippen molar-refractivity contribution in [3.63, 3.8) is 0 Å². The average molecular weight is 302 g/mol. The Bertz CT molecular complexity index is 552. The van der Waals surface area contributed by atoms with Crippen LogP contribution in [0, 0.1) is 5.41 Å². The number of halogens is 1. The molecular formula is C10H12ClN5O4. The number of carbonyl (C=O) groups is 1. The molecule has 0 aromatic carbocycles. The van der Waals surface area contributed by atoms with Gasteiger partial charge in [0.25, 0.3) is 10.9 Å². The molecule has 0 aliphatic carbocycles. The first-order valence-corrected chi connectivity index (χ1v) is 6.26. The van der Waals surface area contributed by atoms with Crippen LogP contribution in [0.15, 0.2) is 9.98 Å². The van der Waals surface area contributed by atoms with Gasteiger partial charge in [-0.15, -0.1) is 0 Å². The van der Waals surface area contributed by atoms with Crippen molar-refractivity contribution in [1.82, 2.24) is 10.2 Å². The van der Waals surface area contributed by atoms with Gasteiger partial charge in [0.1, 0.15) is 12.2 Å². The number of fused-ring (bicyclic) bond motifs is 1. The number of carbonyl (C=O) groups excluding carboxylic acids is 1. The minimum Gasteiger partial charge on any atom is -0.388 e. The fraction of sp³-hybridized carbons (Fsp3) is 0.600. The monoisotopic (exact) mass is 301 g/mol. The summed E-state index contributed by atoms with van der Waals surface area (Å²) < 4.78 is 5.43. The van der Waals surface area contributed by atoms with Crippen molar-refractivity contribution in [2.45, 2.75) is 36.5 Å². The van der Waals surface area contributed by atoms with Gasteiger partial charge in [0.15, 0.2) is 12.1 Å². The summed E-state index contributed by atoms with van der Waals surface area (Å²) >= 11 is 6.10. The maximum atomic E-state index is 11.8. The zero-order valence-electron chi connectivity index (χ0n) is 10.3. The lowest BCUT2D eigenvalue weighted by Crippen LogP contribution is -2.57. The average Bonchev–Trinajstić information content (AvgIpc) is 2.84. The largest absolute Gasteiger partial charge is 0.388 e. The number of amides is 1. The molecule has 1 amide bonds. The molecular weight excluding hydrogens is 290 g/mol. The summed E-state index contributed by atoms with van der Waals surface area (Å²) in [6.45, 7) is 1.60. The lowest BCUT2D eigenvalue weighted by atomic mass is 10.1.